The minimum atomic E-state index is -0.580. The lowest BCUT2D eigenvalue weighted by Gasteiger charge is -2.31. The second kappa shape index (κ2) is 14.1. The molecule has 2 aromatic carbocycles. The molecule has 2 aromatic rings. The molecule has 0 saturated heterocycles. The van der Waals surface area contributed by atoms with Crippen LogP contribution in [-0.2, 0) is 16.1 Å². The third kappa shape index (κ3) is 8.73. The average Bonchev–Trinajstić information content (AvgIpc) is 2.82. The van der Waals surface area contributed by atoms with E-state index in [4.69, 9.17) is 32.7 Å². The third-order valence-electron chi connectivity index (χ3n) is 5.27. The van der Waals surface area contributed by atoms with Gasteiger partial charge in [-0.25, -0.2) is 0 Å². The minimum Gasteiger partial charge on any atom is -0.497 e. The summed E-state index contributed by atoms with van der Waals surface area (Å²) in [5, 5.41) is 3.82. The summed E-state index contributed by atoms with van der Waals surface area (Å²) in [6.07, 6.45) is 1.28. The van der Waals surface area contributed by atoms with Gasteiger partial charge in [0, 0.05) is 19.5 Å². The van der Waals surface area contributed by atoms with E-state index in [9.17, 15) is 9.59 Å². The number of nitrogens with zero attached hydrogens (tertiary/aromatic N) is 1. The minimum absolute atomic E-state index is 0.115. The highest BCUT2D eigenvalue weighted by atomic mass is 35.5. The van der Waals surface area contributed by atoms with Gasteiger partial charge in [0.05, 0.1) is 23.8 Å². The number of carbonyl (C=O) groups is 2. The normalized spacial score (nSPS) is 11.7. The van der Waals surface area contributed by atoms with E-state index >= 15 is 0 Å². The summed E-state index contributed by atoms with van der Waals surface area (Å²) in [5.41, 5.74) is 0.812. The first-order chi connectivity index (χ1) is 16.2. The molecule has 186 valence electrons. The Kier molecular flexibility index (Phi) is 11.5. The van der Waals surface area contributed by atoms with Crippen molar-refractivity contribution < 1.29 is 19.1 Å². The Morgan fingerprint density at radius 3 is 2.29 bits per heavy atom. The smallest absolute Gasteiger partial charge is 0.242 e. The Bertz CT molecular complexity index is 935. The van der Waals surface area contributed by atoms with Gasteiger partial charge in [0.15, 0.2) is 0 Å². The van der Waals surface area contributed by atoms with E-state index in [1.807, 2.05) is 51.1 Å². The Labute approximate surface area is 212 Å². The molecule has 34 heavy (non-hydrogen) atoms. The van der Waals surface area contributed by atoms with Crippen molar-refractivity contribution in [1.82, 2.24) is 10.2 Å². The van der Waals surface area contributed by atoms with Gasteiger partial charge >= 0.3 is 0 Å². The zero-order valence-corrected chi connectivity index (χ0v) is 21.8. The van der Waals surface area contributed by atoms with Crippen LogP contribution < -0.4 is 14.8 Å². The largest absolute Gasteiger partial charge is 0.497 e. The SMILES string of the molecule is CC[C@H](C(=O)NCC(C)C)N(Cc1ccc(Cl)c(Cl)c1)C(=O)CCCOc1ccc(OC)cc1. The molecule has 1 N–H and O–H groups in total. The van der Waals surface area contributed by atoms with Crippen LogP contribution in [0.5, 0.6) is 11.5 Å². The number of hydrogen-bond donors (Lipinski definition) is 1. The molecule has 1 atom stereocenters. The van der Waals surface area contributed by atoms with Gasteiger partial charge in [-0.05, 0) is 60.7 Å². The van der Waals surface area contributed by atoms with Gasteiger partial charge in [-0.3, -0.25) is 9.59 Å². The second-order valence-electron chi connectivity index (χ2n) is 8.46. The molecule has 0 saturated carbocycles. The maximum Gasteiger partial charge on any atom is 0.242 e. The van der Waals surface area contributed by atoms with Crippen molar-refractivity contribution in [1.29, 1.82) is 0 Å². The van der Waals surface area contributed by atoms with Gasteiger partial charge in [-0.15, -0.1) is 0 Å². The fraction of sp³-hybridized carbons (Fsp3) is 0.462. The monoisotopic (exact) mass is 508 g/mol. The van der Waals surface area contributed by atoms with E-state index in [1.165, 1.54) is 0 Å². The van der Waals surface area contributed by atoms with Gasteiger partial charge in [0.2, 0.25) is 11.8 Å². The summed E-state index contributed by atoms with van der Waals surface area (Å²) < 4.78 is 10.9. The van der Waals surface area contributed by atoms with Crippen molar-refractivity contribution in [3.63, 3.8) is 0 Å². The van der Waals surface area contributed by atoms with Crippen LogP contribution in [-0.4, -0.2) is 43.0 Å². The fourth-order valence-corrected chi connectivity index (χ4v) is 3.73. The number of amides is 2. The van der Waals surface area contributed by atoms with Crippen molar-refractivity contribution >= 4 is 35.0 Å². The summed E-state index contributed by atoms with van der Waals surface area (Å²) >= 11 is 12.2. The number of nitrogens with one attached hydrogen (secondary N) is 1. The maximum absolute atomic E-state index is 13.3. The van der Waals surface area contributed by atoms with E-state index in [1.54, 1.807) is 24.1 Å². The summed E-state index contributed by atoms with van der Waals surface area (Å²) in [7, 11) is 1.61. The van der Waals surface area contributed by atoms with E-state index in [-0.39, 0.29) is 24.8 Å². The number of halogens is 2. The number of benzene rings is 2. The molecule has 0 aromatic heterocycles. The van der Waals surface area contributed by atoms with Gasteiger partial charge in [0.1, 0.15) is 17.5 Å². The predicted octanol–water partition coefficient (Wildman–Crippen LogP) is 5.74. The number of hydrogen-bond acceptors (Lipinski definition) is 4. The number of rotatable bonds is 13. The van der Waals surface area contributed by atoms with Gasteiger partial charge in [0.25, 0.3) is 0 Å². The molecule has 0 heterocycles. The van der Waals surface area contributed by atoms with Crippen LogP contribution in [0, 0.1) is 5.92 Å². The van der Waals surface area contributed by atoms with Crippen molar-refractivity contribution in [3.8, 4) is 11.5 Å². The van der Waals surface area contributed by atoms with Crippen molar-refractivity contribution in [2.75, 3.05) is 20.3 Å². The molecular weight excluding hydrogens is 475 g/mol. The molecule has 8 heteroatoms. The molecule has 0 aliphatic carbocycles. The molecule has 0 bridgehead atoms. The van der Waals surface area contributed by atoms with Crippen molar-refractivity contribution in [3.05, 3.63) is 58.1 Å². The lowest BCUT2D eigenvalue weighted by molar-refractivity contribution is -0.141. The van der Waals surface area contributed by atoms with Crippen LogP contribution in [0.4, 0.5) is 0 Å². The van der Waals surface area contributed by atoms with Crippen molar-refractivity contribution in [2.45, 2.75) is 52.6 Å². The van der Waals surface area contributed by atoms with E-state index in [0.29, 0.717) is 47.7 Å². The summed E-state index contributed by atoms with van der Waals surface area (Å²) in [5.74, 6) is 1.51. The molecule has 0 radical (unpaired) electrons. The Balaban J connectivity index is 2.06. The Morgan fingerprint density at radius 1 is 1.03 bits per heavy atom. The molecule has 0 aliphatic rings. The topological polar surface area (TPSA) is 67.9 Å². The van der Waals surface area contributed by atoms with Crippen LogP contribution in [0.15, 0.2) is 42.5 Å². The molecule has 0 spiro atoms. The first-order valence-electron chi connectivity index (χ1n) is 11.5. The highest BCUT2D eigenvalue weighted by molar-refractivity contribution is 6.42. The van der Waals surface area contributed by atoms with E-state index in [0.717, 1.165) is 11.3 Å². The van der Waals surface area contributed by atoms with Crippen molar-refractivity contribution in [2.24, 2.45) is 5.92 Å². The zero-order chi connectivity index (χ0) is 25.1. The van der Waals surface area contributed by atoms with Crippen LogP contribution in [0.2, 0.25) is 10.0 Å². The van der Waals surface area contributed by atoms with Gasteiger partial charge in [-0.1, -0.05) is 50.0 Å². The van der Waals surface area contributed by atoms with Crippen LogP contribution in [0.1, 0.15) is 45.6 Å². The molecular formula is C26H34Cl2N2O4. The fourth-order valence-electron chi connectivity index (χ4n) is 3.41. The Hall–Kier alpha value is -2.44. The van der Waals surface area contributed by atoms with E-state index < -0.39 is 6.04 Å². The molecule has 0 unspecified atom stereocenters. The van der Waals surface area contributed by atoms with Crippen LogP contribution >= 0.6 is 23.2 Å². The highest BCUT2D eigenvalue weighted by Crippen LogP contribution is 2.24. The van der Waals surface area contributed by atoms with Gasteiger partial charge < -0.3 is 19.7 Å². The first-order valence-corrected chi connectivity index (χ1v) is 12.3. The lowest BCUT2D eigenvalue weighted by Crippen LogP contribution is -2.49. The van der Waals surface area contributed by atoms with Crippen LogP contribution in [0.25, 0.3) is 0 Å². The molecule has 6 nitrogen and oxygen atoms in total. The third-order valence-corrected chi connectivity index (χ3v) is 6.01. The number of methoxy groups -OCH3 is 1. The number of carbonyl (C=O) groups excluding carboxylic acids is 2. The van der Waals surface area contributed by atoms with Crippen LogP contribution in [0.3, 0.4) is 0 Å². The summed E-state index contributed by atoms with van der Waals surface area (Å²) in [6, 6.07) is 12.0. The molecule has 2 rings (SSSR count). The average molecular weight is 509 g/mol. The molecule has 0 aliphatic heterocycles. The zero-order valence-electron chi connectivity index (χ0n) is 20.3. The van der Waals surface area contributed by atoms with E-state index in [2.05, 4.69) is 5.32 Å². The maximum atomic E-state index is 13.3. The standard InChI is InChI=1S/C26H34Cl2N2O4/c1-5-24(26(32)29-16-18(2)3)30(17-19-8-13-22(27)23(28)15-19)25(31)7-6-14-34-21-11-9-20(33-4)10-12-21/h8-13,15,18,24H,5-7,14,16-17H2,1-4H3,(H,29,32)/t24-/m1/s1. The summed E-state index contributed by atoms with van der Waals surface area (Å²) in [6.45, 7) is 7.17. The number of ether oxygens (including phenoxy) is 2. The summed E-state index contributed by atoms with van der Waals surface area (Å²) in [4.78, 5) is 27.8. The highest BCUT2D eigenvalue weighted by Gasteiger charge is 2.28. The quantitative estimate of drug-likeness (QED) is 0.350. The first kappa shape index (κ1) is 27.8. The van der Waals surface area contributed by atoms with Gasteiger partial charge in [-0.2, -0.15) is 0 Å². The molecule has 0 fully saturated rings. The second-order valence-corrected chi connectivity index (χ2v) is 9.28. The Morgan fingerprint density at radius 2 is 1.71 bits per heavy atom. The lowest BCUT2D eigenvalue weighted by atomic mass is 10.1. The molecule has 2 amide bonds. The predicted molar refractivity (Wildman–Crippen MR) is 137 cm³/mol.